The molecule has 1 aliphatic rings. The standard InChI is InChI=1S/C10H13N3/c1-6(2)8-5-13-10(11)9-7(8)3-4-12-9/h4-6H,3H2,1-2H3,(H2,11,13). The fourth-order valence-electron chi connectivity index (χ4n) is 1.65. The van der Waals surface area contributed by atoms with E-state index in [0.717, 1.165) is 12.1 Å². The predicted octanol–water partition coefficient (Wildman–Crippen LogP) is 2.05. The van der Waals surface area contributed by atoms with Crippen molar-refractivity contribution in [2.24, 2.45) is 4.99 Å². The average Bonchev–Trinajstić information content (AvgIpc) is 2.53. The van der Waals surface area contributed by atoms with Gasteiger partial charge in [-0.25, -0.2) is 4.98 Å². The lowest BCUT2D eigenvalue weighted by atomic mass is 9.97. The monoisotopic (exact) mass is 175 g/mol. The zero-order chi connectivity index (χ0) is 9.42. The average molecular weight is 175 g/mol. The third-order valence-electron chi connectivity index (χ3n) is 2.36. The third kappa shape index (κ3) is 1.20. The fraction of sp³-hybridized carbons (Fsp3) is 0.400. The molecule has 3 heteroatoms. The topological polar surface area (TPSA) is 51.3 Å². The minimum atomic E-state index is 0.489. The number of pyridine rings is 1. The normalized spacial score (nSPS) is 13.8. The van der Waals surface area contributed by atoms with Crippen LogP contribution in [0.5, 0.6) is 0 Å². The first-order chi connectivity index (χ1) is 6.20. The quantitative estimate of drug-likeness (QED) is 0.710. The van der Waals surface area contributed by atoms with Gasteiger partial charge in [-0.05, 0) is 17.0 Å². The zero-order valence-electron chi connectivity index (χ0n) is 7.91. The molecule has 2 rings (SSSR count). The molecule has 0 radical (unpaired) electrons. The summed E-state index contributed by atoms with van der Waals surface area (Å²) in [5.41, 5.74) is 9.11. The molecular formula is C10H13N3. The van der Waals surface area contributed by atoms with E-state index < -0.39 is 0 Å². The summed E-state index contributed by atoms with van der Waals surface area (Å²) in [7, 11) is 0. The van der Waals surface area contributed by atoms with Gasteiger partial charge < -0.3 is 5.73 Å². The van der Waals surface area contributed by atoms with E-state index in [1.54, 1.807) is 0 Å². The lowest BCUT2D eigenvalue weighted by Gasteiger charge is -2.11. The SMILES string of the molecule is CC(C)c1cnc(N)c2c1CC=N2. The first-order valence-electron chi connectivity index (χ1n) is 4.50. The van der Waals surface area contributed by atoms with E-state index >= 15 is 0 Å². The third-order valence-corrected chi connectivity index (χ3v) is 2.36. The van der Waals surface area contributed by atoms with E-state index in [0.29, 0.717) is 11.7 Å². The van der Waals surface area contributed by atoms with Crippen molar-refractivity contribution in [3.05, 3.63) is 17.3 Å². The molecule has 3 nitrogen and oxygen atoms in total. The molecule has 0 aromatic carbocycles. The van der Waals surface area contributed by atoms with Gasteiger partial charge in [-0.15, -0.1) is 0 Å². The van der Waals surface area contributed by atoms with E-state index in [2.05, 4.69) is 23.8 Å². The van der Waals surface area contributed by atoms with Gasteiger partial charge in [0.05, 0.1) is 0 Å². The molecule has 0 spiro atoms. The van der Waals surface area contributed by atoms with E-state index in [-0.39, 0.29) is 0 Å². The number of nitrogens with two attached hydrogens (primary N) is 1. The van der Waals surface area contributed by atoms with Gasteiger partial charge in [-0.2, -0.15) is 0 Å². The molecule has 0 saturated carbocycles. The lowest BCUT2D eigenvalue weighted by molar-refractivity contribution is 0.847. The minimum absolute atomic E-state index is 0.489. The van der Waals surface area contributed by atoms with Gasteiger partial charge in [0.2, 0.25) is 0 Å². The summed E-state index contributed by atoms with van der Waals surface area (Å²) in [6.07, 6.45) is 4.66. The summed E-state index contributed by atoms with van der Waals surface area (Å²) in [6, 6.07) is 0. The smallest absolute Gasteiger partial charge is 0.149 e. The highest BCUT2D eigenvalue weighted by Gasteiger charge is 2.16. The number of aromatic nitrogens is 1. The minimum Gasteiger partial charge on any atom is -0.382 e. The summed E-state index contributed by atoms with van der Waals surface area (Å²) >= 11 is 0. The molecule has 0 unspecified atom stereocenters. The van der Waals surface area contributed by atoms with Crippen LogP contribution in [0.1, 0.15) is 30.9 Å². The highest BCUT2D eigenvalue weighted by atomic mass is 14.9. The van der Waals surface area contributed by atoms with Crippen LogP contribution < -0.4 is 5.73 Å². The molecule has 68 valence electrons. The Morgan fingerprint density at radius 1 is 1.46 bits per heavy atom. The van der Waals surface area contributed by atoms with Crippen LogP contribution >= 0.6 is 0 Å². The Hall–Kier alpha value is -1.38. The van der Waals surface area contributed by atoms with Crippen LogP contribution in [0.3, 0.4) is 0 Å². The number of fused-ring (bicyclic) bond motifs is 1. The second-order valence-corrected chi connectivity index (χ2v) is 3.60. The number of anilines is 1. The van der Waals surface area contributed by atoms with Crippen LogP contribution in [0.2, 0.25) is 0 Å². The van der Waals surface area contributed by atoms with Crippen molar-refractivity contribution < 1.29 is 0 Å². The zero-order valence-corrected chi connectivity index (χ0v) is 7.91. The van der Waals surface area contributed by atoms with E-state index in [1.807, 2.05) is 12.4 Å². The summed E-state index contributed by atoms with van der Waals surface area (Å²) in [5.74, 6) is 1.04. The molecule has 0 aliphatic carbocycles. The Balaban J connectivity index is 2.60. The van der Waals surface area contributed by atoms with Crippen LogP contribution in [0.4, 0.5) is 11.5 Å². The summed E-state index contributed by atoms with van der Waals surface area (Å²) in [6.45, 7) is 4.32. The summed E-state index contributed by atoms with van der Waals surface area (Å²) < 4.78 is 0. The van der Waals surface area contributed by atoms with Gasteiger partial charge in [-0.3, -0.25) is 4.99 Å². The Kier molecular flexibility index (Phi) is 1.79. The van der Waals surface area contributed by atoms with Gasteiger partial charge in [0.25, 0.3) is 0 Å². The summed E-state index contributed by atoms with van der Waals surface area (Å²) in [4.78, 5) is 8.37. The molecule has 0 amide bonds. The number of aliphatic imine (C=N–C) groups is 1. The second kappa shape index (κ2) is 2.83. The fourth-order valence-corrected chi connectivity index (χ4v) is 1.65. The molecule has 0 atom stereocenters. The van der Waals surface area contributed by atoms with Crippen LogP contribution in [0.15, 0.2) is 11.2 Å². The lowest BCUT2D eigenvalue weighted by Crippen LogP contribution is -1.99. The van der Waals surface area contributed by atoms with Crippen molar-refractivity contribution in [2.45, 2.75) is 26.2 Å². The Labute approximate surface area is 77.7 Å². The first kappa shape index (κ1) is 8.23. The molecule has 1 aliphatic heterocycles. The van der Waals surface area contributed by atoms with Crippen LogP contribution in [-0.2, 0) is 6.42 Å². The molecular weight excluding hydrogens is 162 g/mol. The summed E-state index contributed by atoms with van der Waals surface area (Å²) in [5, 5.41) is 0. The highest BCUT2D eigenvalue weighted by molar-refractivity contribution is 5.82. The second-order valence-electron chi connectivity index (χ2n) is 3.60. The van der Waals surface area contributed by atoms with Crippen LogP contribution in [0, 0.1) is 0 Å². The van der Waals surface area contributed by atoms with Crippen molar-refractivity contribution in [1.82, 2.24) is 4.98 Å². The molecule has 1 aromatic heterocycles. The first-order valence-corrected chi connectivity index (χ1v) is 4.50. The maximum atomic E-state index is 5.72. The van der Waals surface area contributed by atoms with Crippen LogP contribution in [-0.4, -0.2) is 11.2 Å². The van der Waals surface area contributed by atoms with Crippen molar-refractivity contribution in [1.29, 1.82) is 0 Å². The van der Waals surface area contributed by atoms with E-state index in [1.165, 1.54) is 11.1 Å². The molecule has 0 saturated heterocycles. The molecule has 0 bridgehead atoms. The molecule has 1 aromatic rings. The van der Waals surface area contributed by atoms with Gasteiger partial charge in [0, 0.05) is 18.8 Å². The molecule has 13 heavy (non-hydrogen) atoms. The van der Waals surface area contributed by atoms with Crippen molar-refractivity contribution in [3.8, 4) is 0 Å². The number of rotatable bonds is 1. The Morgan fingerprint density at radius 3 is 2.92 bits per heavy atom. The van der Waals surface area contributed by atoms with Gasteiger partial charge in [0.1, 0.15) is 11.5 Å². The van der Waals surface area contributed by atoms with Gasteiger partial charge in [0.15, 0.2) is 0 Å². The Bertz CT molecular complexity index is 367. The van der Waals surface area contributed by atoms with Gasteiger partial charge >= 0.3 is 0 Å². The largest absolute Gasteiger partial charge is 0.382 e. The maximum absolute atomic E-state index is 5.72. The molecule has 2 N–H and O–H groups in total. The number of nitrogen functional groups attached to an aromatic ring is 1. The number of nitrogens with zero attached hydrogens (tertiary/aromatic N) is 2. The van der Waals surface area contributed by atoms with Crippen molar-refractivity contribution >= 4 is 17.7 Å². The van der Waals surface area contributed by atoms with Crippen LogP contribution in [0.25, 0.3) is 0 Å². The predicted molar refractivity (Wildman–Crippen MR) is 54.6 cm³/mol. The number of hydrogen-bond donors (Lipinski definition) is 1. The number of hydrogen-bond acceptors (Lipinski definition) is 3. The van der Waals surface area contributed by atoms with Gasteiger partial charge in [-0.1, -0.05) is 13.8 Å². The van der Waals surface area contributed by atoms with E-state index in [4.69, 9.17) is 5.73 Å². The highest BCUT2D eigenvalue weighted by Crippen LogP contribution is 2.34. The Morgan fingerprint density at radius 2 is 2.23 bits per heavy atom. The maximum Gasteiger partial charge on any atom is 0.149 e. The van der Waals surface area contributed by atoms with Crippen molar-refractivity contribution in [3.63, 3.8) is 0 Å². The molecule has 2 heterocycles. The van der Waals surface area contributed by atoms with Crippen molar-refractivity contribution in [2.75, 3.05) is 5.73 Å². The van der Waals surface area contributed by atoms with E-state index in [9.17, 15) is 0 Å². The molecule has 0 fully saturated rings.